The number of rotatable bonds is 22. The third kappa shape index (κ3) is 11.4. The second-order valence-electron chi connectivity index (χ2n) is 11.2. The summed E-state index contributed by atoms with van der Waals surface area (Å²) in [6.45, 7) is 3.83. The number of nitrogens with one attached hydrogen (secondary N) is 1. The smallest absolute Gasteiger partial charge is 0.224 e. The molecule has 0 spiro atoms. The topological polar surface area (TPSA) is 65.4 Å². The molecule has 0 fully saturated rings. The largest absolute Gasteiger partial charge is 0.493 e. The summed E-state index contributed by atoms with van der Waals surface area (Å²) in [7, 11) is 3.21. The van der Waals surface area contributed by atoms with E-state index in [4.69, 9.17) is 14.5 Å². The van der Waals surface area contributed by atoms with Crippen LogP contribution in [0.2, 0.25) is 0 Å². The van der Waals surface area contributed by atoms with Gasteiger partial charge in [-0.25, -0.2) is 4.98 Å². The van der Waals surface area contributed by atoms with Crippen molar-refractivity contribution >= 4 is 16.9 Å². The second-order valence-corrected chi connectivity index (χ2v) is 11.2. The summed E-state index contributed by atoms with van der Waals surface area (Å²) in [5, 5.41) is 3.07. The molecular formula is C35H53N3O3. The van der Waals surface area contributed by atoms with Gasteiger partial charge in [0.05, 0.1) is 31.7 Å². The van der Waals surface area contributed by atoms with Crippen LogP contribution in [0.3, 0.4) is 0 Å². The zero-order valence-corrected chi connectivity index (χ0v) is 25.9. The van der Waals surface area contributed by atoms with Crippen LogP contribution in [-0.2, 0) is 24.2 Å². The molecule has 3 rings (SSSR count). The van der Waals surface area contributed by atoms with Crippen LogP contribution < -0.4 is 14.8 Å². The van der Waals surface area contributed by atoms with Gasteiger partial charge in [-0.05, 0) is 36.2 Å². The minimum Gasteiger partial charge on any atom is -0.493 e. The zero-order chi connectivity index (χ0) is 29.1. The van der Waals surface area contributed by atoms with Gasteiger partial charge in [0.1, 0.15) is 5.82 Å². The Labute approximate surface area is 248 Å². The number of amides is 1. The number of unbranched alkanes of at least 4 members (excludes halogenated alkanes) is 13. The summed E-state index contributed by atoms with van der Waals surface area (Å²) in [6.07, 6.45) is 20.1. The van der Waals surface area contributed by atoms with Crippen LogP contribution in [0.1, 0.15) is 108 Å². The van der Waals surface area contributed by atoms with Crippen molar-refractivity contribution in [3.63, 3.8) is 0 Å². The Hall–Kier alpha value is -3.02. The van der Waals surface area contributed by atoms with Gasteiger partial charge in [-0.15, -0.1) is 0 Å². The molecule has 0 aliphatic carbocycles. The maximum Gasteiger partial charge on any atom is 0.224 e. The zero-order valence-electron chi connectivity index (χ0n) is 25.9. The van der Waals surface area contributed by atoms with Crippen LogP contribution in [0.25, 0.3) is 11.0 Å². The summed E-state index contributed by atoms with van der Waals surface area (Å²) < 4.78 is 13.0. The van der Waals surface area contributed by atoms with Crippen LogP contribution in [0, 0.1) is 0 Å². The summed E-state index contributed by atoms with van der Waals surface area (Å²) in [4.78, 5) is 17.5. The number of nitrogens with zero attached hydrogens (tertiary/aromatic N) is 2. The lowest BCUT2D eigenvalue weighted by atomic mass is 10.0. The Morgan fingerprint density at radius 1 is 0.780 bits per heavy atom. The van der Waals surface area contributed by atoms with E-state index < -0.39 is 0 Å². The Bertz CT molecular complexity index is 1160. The molecule has 6 nitrogen and oxygen atoms in total. The minimum absolute atomic E-state index is 0.00754. The minimum atomic E-state index is -0.00754. The van der Waals surface area contributed by atoms with Crippen LogP contribution in [-0.4, -0.2) is 36.2 Å². The standard InChI is InChI=1S/C35H53N3O3/c1-4-5-6-7-8-9-10-11-12-13-14-15-16-19-26-38-31-21-18-17-20-30(31)37-34(38)24-25-36-35(39)28-29-22-23-32(40-2)33(27-29)41-3/h17-18,20-23,27H,4-16,19,24-26,28H2,1-3H3,(H,36,39). The van der Waals surface area contributed by atoms with Gasteiger partial charge in [-0.3, -0.25) is 4.79 Å². The first kappa shape index (κ1) is 32.5. The quantitative estimate of drug-likeness (QED) is 0.125. The molecule has 0 bridgehead atoms. The molecule has 1 amide bonds. The highest BCUT2D eigenvalue weighted by atomic mass is 16.5. The van der Waals surface area contributed by atoms with Crippen molar-refractivity contribution in [1.82, 2.24) is 14.9 Å². The first-order chi connectivity index (χ1) is 20.2. The van der Waals surface area contributed by atoms with E-state index in [1.807, 2.05) is 24.3 Å². The number of imidazole rings is 1. The third-order valence-corrected chi connectivity index (χ3v) is 7.95. The van der Waals surface area contributed by atoms with Crippen LogP contribution in [0.4, 0.5) is 0 Å². The summed E-state index contributed by atoms with van der Waals surface area (Å²) in [5.74, 6) is 2.34. The molecule has 1 N–H and O–H groups in total. The van der Waals surface area contributed by atoms with Crippen molar-refractivity contribution in [3.8, 4) is 11.5 Å². The van der Waals surface area contributed by atoms with Gasteiger partial charge in [-0.1, -0.05) is 109 Å². The van der Waals surface area contributed by atoms with Crippen molar-refractivity contribution in [2.45, 2.75) is 116 Å². The SMILES string of the molecule is CCCCCCCCCCCCCCCCn1c(CCNC(=O)Cc2ccc(OC)c(OC)c2)nc2ccccc21. The van der Waals surface area contributed by atoms with E-state index in [2.05, 4.69) is 35.0 Å². The molecule has 1 heterocycles. The van der Waals surface area contributed by atoms with Crippen LogP contribution in [0.5, 0.6) is 11.5 Å². The normalized spacial score (nSPS) is 11.2. The average molecular weight is 564 g/mol. The van der Waals surface area contributed by atoms with E-state index in [0.29, 0.717) is 30.9 Å². The van der Waals surface area contributed by atoms with Crippen molar-refractivity contribution in [1.29, 1.82) is 0 Å². The summed E-state index contributed by atoms with van der Waals surface area (Å²) in [6, 6.07) is 14.0. The lowest BCUT2D eigenvalue weighted by Crippen LogP contribution is -2.28. The fraction of sp³-hybridized carbons (Fsp3) is 0.600. The fourth-order valence-electron chi connectivity index (χ4n) is 5.58. The van der Waals surface area contributed by atoms with Gasteiger partial charge in [0.15, 0.2) is 11.5 Å². The molecular weight excluding hydrogens is 510 g/mol. The van der Waals surface area contributed by atoms with Gasteiger partial charge in [0.25, 0.3) is 0 Å². The third-order valence-electron chi connectivity index (χ3n) is 7.95. The van der Waals surface area contributed by atoms with E-state index in [1.54, 1.807) is 14.2 Å². The molecule has 0 radical (unpaired) electrons. The molecule has 0 saturated heterocycles. The van der Waals surface area contributed by atoms with E-state index in [-0.39, 0.29) is 5.91 Å². The van der Waals surface area contributed by atoms with Gasteiger partial charge in [-0.2, -0.15) is 0 Å². The number of methoxy groups -OCH3 is 2. The van der Waals surface area contributed by atoms with E-state index in [1.165, 1.54) is 89.0 Å². The highest BCUT2D eigenvalue weighted by Gasteiger charge is 2.12. The Morgan fingerprint density at radius 3 is 2.02 bits per heavy atom. The van der Waals surface area contributed by atoms with Gasteiger partial charge in [0, 0.05) is 19.5 Å². The van der Waals surface area contributed by atoms with Crippen molar-refractivity contribution in [3.05, 3.63) is 53.9 Å². The molecule has 6 heteroatoms. The molecule has 41 heavy (non-hydrogen) atoms. The predicted molar refractivity (Wildman–Crippen MR) is 170 cm³/mol. The highest BCUT2D eigenvalue weighted by molar-refractivity contribution is 5.79. The number of hydrogen-bond donors (Lipinski definition) is 1. The Balaban J connectivity index is 1.36. The van der Waals surface area contributed by atoms with E-state index in [0.717, 1.165) is 29.9 Å². The molecule has 0 aliphatic heterocycles. The van der Waals surface area contributed by atoms with Crippen LogP contribution in [0.15, 0.2) is 42.5 Å². The first-order valence-corrected chi connectivity index (χ1v) is 16.1. The molecule has 226 valence electrons. The maximum atomic E-state index is 12.6. The summed E-state index contributed by atoms with van der Waals surface area (Å²) >= 11 is 0. The lowest BCUT2D eigenvalue weighted by Gasteiger charge is -2.11. The monoisotopic (exact) mass is 563 g/mol. The highest BCUT2D eigenvalue weighted by Crippen LogP contribution is 2.27. The molecule has 0 atom stereocenters. The molecule has 3 aromatic rings. The van der Waals surface area contributed by atoms with E-state index in [9.17, 15) is 4.79 Å². The Kier molecular flexibility index (Phi) is 15.2. The number of carbonyl (C=O) groups excluding carboxylic acids is 1. The number of hydrogen-bond acceptors (Lipinski definition) is 4. The summed E-state index contributed by atoms with van der Waals surface area (Å²) in [5.41, 5.74) is 3.11. The van der Waals surface area contributed by atoms with Crippen LogP contribution >= 0.6 is 0 Å². The van der Waals surface area contributed by atoms with Gasteiger partial charge >= 0.3 is 0 Å². The number of ether oxygens (including phenoxy) is 2. The second kappa shape index (κ2) is 19.2. The number of carbonyl (C=O) groups is 1. The first-order valence-electron chi connectivity index (χ1n) is 16.1. The van der Waals surface area contributed by atoms with Crippen molar-refractivity contribution in [2.75, 3.05) is 20.8 Å². The number of fused-ring (bicyclic) bond motifs is 1. The molecule has 0 aliphatic rings. The van der Waals surface area contributed by atoms with Crippen molar-refractivity contribution < 1.29 is 14.3 Å². The Morgan fingerprint density at radius 2 is 1.39 bits per heavy atom. The average Bonchev–Trinajstić information content (AvgIpc) is 3.34. The van der Waals surface area contributed by atoms with E-state index >= 15 is 0 Å². The molecule has 0 saturated carbocycles. The predicted octanol–water partition coefficient (Wildman–Crippen LogP) is 8.44. The number of aromatic nitrogens is 2. The number of aryl methyl sites for hydroxylation is 1. The lowest BCUT2D eigenvalue weighted by molar-refractivity contribution is -0.120. The molecule has 2 aromatic carbocycles. The maximum absolute atomic E-state index is 12.6. The molecule has 1 aromatic heterocycles. The number of para-hydroxylation sites is 2. The fourth-order valence-corrected chi connectivity index (χ4v) is 5.58. The van der Waals surface area contributed by atoms with Crippen molar-refractivity contribution in [2.24, 2.45) is 0 Å². The number of benzene rings is 2. The van der Waals surface area contributed by atoms with Gasteiger partial charge < -0.3 is 19.4 Å². The van der Waals surface area contributed by atoms with Gasteiger partial charge in [0.2, 0.25) is 5.91 Å². The molecule has 0 unspecified atom stereocenters.